The van der Waals surface area contributed by atoms with Crippen LogP contribution in [0.5, 0.6) is 0 Å². The van der Waals surface area contributed by atoms with E-state index in [4.69, 9.17) is 11.6 Å². The van der Waals surface area contributed by atoms with Crippen molar-refractivity contribution in [3.63, 3.8) is 0 Å². The Bertz CT molecular complexity index is 606. The molecular weight excluding hydrogens is 310 g/mol. The highest BCUT2D eigenvalue weighted by atomic mass is 32.2. The van der Waals surface area contributed by atoms with Gasteiger partial charge in [-0.1, -0.05) is 18.2 Å². The van der Waals surface area contributed by atoms with E-state index in [0.29, 0.717) is 25.2 Å². The van der Waals surface area contributed by atoms with Gasteiger partial charge in [-0.05, 0) is 43.3 Å². The molecule has 0 aromatic heterocycles. The van der Waals surface area contributed by atoms with Gasteiger partial charge in [0.25, 0.3) is 5.91 Å². The van der Waals surface area contributed by atoms with E-state index in [2.05, 4.69) is 40.9 Å². The first-order valence-corrected chi connectivity index (χ1v) is 8.61. The summed E-state index contributed by atoms with van der Waals surface area (Å²) in [6.07, 6.45) is 3.47. The Hall–Kier alpha value is -1.70. The molecule has 2 aliphatic heterocycles. The monoisotopic (exact) mass is 333 g/mol. The minimum Gasteiger partial charge on any atom is -0.403 e. The molecule has 2 saturated heterocycles. The Labute approximate surface area is 141 Å². The number of aryl methyl sites for hydroxylation is 1. The normalized spacial score (nSPS) is 24.8. The number of fused-ring (bicyclic) bond motifs is 2. The van der Waals surface area contributed by atoms with Crippen LogP contribution in [0.1, 0.15) is 18.4 Å². The molecule has 3 rings (SSSR count). The largest absolute Gasteiger partial charge is 0.403 e. The molecule has 1 amide bonds. The van der Waals surface area contributed by atoms with Crippen LogP contribution in [0.15, 0.2) is 41.1 Å². The molecule has 2 bridgehead atoms. The average molecular weight is 333 g/mol. The number of hydrogen-bond donors (Lipinski definition) is 3. The quantitative estimate of drug-likeness (QED) is 0.329. The summed E-state index contributed by atoms with van der Waals surface area (Å²) in [5, 5.41) is 0. The van der Waals surface area contributed by atoms with E-state index < -0.39 is 0 Å². The minimum atomic E-state index is -0.118. The lowest BCUT2D eigenvalue weighted by Gasteiger charge is -2.40. The summed E-state index contributed by atoms with van der Waals surface area (Å²) >= 11 is 1.82. The van der Waals surface area contributed by atoms with Crippen LogP contribution in [-0.4, -0.2) is 40.3 Å². The molecule has 2 aliphatic rings. The molecule has 2 fully saturated rings. The van der Waals surface area contributed by atoms with E-state index in [-0.39, 0.29) is 11.6 Å². The number of nitrogens with one attached hydrogen (secondary N) is 1. The van der Waals surface area contributed by atoms with Gasteiger partial charge in [0.2, 0.25) is 0 Å². The van der Waals surface area contributed by atoms with E-state index in [0.717, 1.165) is 12.8 Å². The lowest BCUT2D eigenvalue weighted by molar-refractivity contribution is -0.129. The molecule has 124 valence electrons. The zero-order chi connectivity index (χ0) is 16.4. The third-order valence-corrected chi connectivity index (χ3v) is 6.01. The molecule has 6 nitrogen and oxygen atoms in total. The third-order valence-electron chi connectivity index (χ3n) is 4.55. The number of hydrogen-bond acceptors (Lipinski definition) is 6. The number of likely N-dealkylation sites (tertiary alicyclic amines) is 1. The van der Waals surface area contributed by atoms with Crippen LogP contribution in [0.3, 0.4) is 0 Å². The Morgan fingerprint density at radius 3 is 2.52 bits per heavy atom. The molecule has 0 radical (unpaired) electrons. The van der Waals surface area contributed by atoms with Crippen LogP contribution < -0.4 is 17.0 Å². The summed E-state index contributed by atoms with van der Waals surface area (Å²) in [4.78, 5) is 15.6. The number of piperazine rings is 1. The number of nitrogens with zero attached hydrogens (tertiary/aromatic N) is 2. The molecule has 1 aromatic rings. The van der Waals surface area contributed by atoms with Crippen molar-refractivity contribution in [1.29, 1.82) is 0 Å². The van der Waals surface area contributed by atoms with Gasteiger partial charge < -0.3 is 16.1 Å². The van der Waals surface area contributed by atoms with Crippen molar-refractivity contribution in [3.05, 3.63) is 41.7 Å². The van der Waals surface area contributed by atoms with Crippen molar-refractivity contribution >= 4 is 17.9 Å². The number of amides is 1. The smallest absolute Gasteiger partial charge is 0.272 e. The zero-order valence-electron chi connectivity index (χ0n) is 13.2. The van der Waals surface area contributed by atoms with Crippen LogP contribution >= 0.6 is 11.9 Å². The van der Waals surface area contributed by atoms with E-state index in [1.54, 1.807) is 0 Å². The predicted molar refractivity (Wildman–Crippen MR) is 91.9 cm³/mol. The maximum Gasteiger partial charge on any atom is 0.272 e. The lowest BCUT2D eigenvalue weighted by atomic mass is 10.2. The summed E-state index contributed by atoms with van der Waals surface area (Å²) in [7, 11) is 0. The zero-order valence-corrected chi connectivity index (χ0v) is 14.1. The van der Waals surface area contributed by atoms with Crippen molar-refractivity contribution in [2.45, 2.75) is 36.7 Å². The molecule has 2 unspecified atom stereocenters. The maximum absolute atomic E-state index is 12.4. The number of benzene rings is 1. The molecular formula is C16H23N5OS. The van der Waals surface area contributed by atoms with Crippen LogP contribution in [0.25, 0.3) is 0 Å². The number of rotatable bonds is 4. The molecule has 2 heterocycles. The summed E-state index contributed by atoms with van der Waals surface area (Å²) in [5.41, 5.74) is 9.38. The molecule has 7 heteroatoms. The van der Waals surface area contributed by atoms with Crippen LogP contribution in [0, 0.1) is 6.92 Å². The number of carbonyl (C=O) groups is 1. The molecule has 0 spiro atoms. The highest BCUT2D eigenvalue weighted by molar-refractivity contribution is 7.97. The SMILES string of the molecule is Cc1ccccc1SN1C2CCC1CN(C(=O)/C(=C/N)NN)C2. The van der Waals surface area contributed by atoms with E-state index >= 15 is 0 Å². The number of hydrazine groups is 1. The third kappa shape index (κ3) is 3.17. The molecule has 0 aliphatic carbocycles. The fraction of sp³-hybridized carbons (Fsp3) is 0.438. The lowest BCUT2D eigenvalue weighted by Crippen LogP contribution is -2.54. The second-order valence-electron chi connectivity index (χ2n) is 6.04. The highest BCUT2D eigenvalue weighted by Crippen LogP contribution is 2.39. The molecule has 1 aromatic carbocycles. The molecule has 5 N–H and O–H groups in total. The van der Waals surface area contributed by atoms with Crippen molar-refractivity contribution in [2.24, 2.45) is 11.6 Å². The molecule has 2 atom stereocenters. The molecule has 23 heavy (non-hydrogen) atoms. The van der Waals surface area contributed by atoms with E-state index in [1.165, 1.54) is 16.7 Å². The summed E-state index contributed by atoms with van der Waals surface area (Å²) in [5.74, 6) is 5.24. The van der Waals surface area contributed by atoms with Crippen molar-refractivity contribution < 1.29 is 4.79 Å². The fourth-order valence-corrected chi connectivity index (χ4v) is 4.52. The fourth-order valence-electron chi connectivity index (χ4n) is 3.30. The van der Waals surface area contributed by atoms with Crippen LogP contribution in [-0.2, 0) is 4.79 Å². The second kappa shape index (κ2) is 6.82. The number of carbonyl (C=O) groups excluding carboxylic acids is 1. The molecule has 0 saturated carbocycles. The Morgan fingerprint density at radius 2 is 1.96 bits per heavy atom. The van der Waals surface area contributed by atoms with Gasteiger partial charge >= 0.3 is 0 Å². The maximum atomic E-state index is 12.4. The van der Waals surface area contributed by atoms with Gasteiger partial charge in [0.05, 0.1) is 0 Å². The Morgan fingerprint density at radius 1 is 1.30 bits per heavy atom. The first kappa shape index (κ1) is 16.2. The predicted octanol–water partition coefficient (Wildman–Crippen LogP) is 0.941. The van der Waals surface area contributed by atoms with E-state index in [1.807, 2.05) is 16.8 Å². The average Bonchev–Trinajstić information content (AvgIpc) is 2.79. The Balaban J connectivity index is 1.70. The standard InChI is InChI=1S/C16H23N5OS/c1-11-4-2-3-5-15(11)23-21-12-6-7-13(21)10-20(9-12)16(22)14(8-17)19-18/h2-5,8,12-13,19H,6-7,9-10,17-18H2,1H3/b14-8-. The van der Waals surface area contributed by atoms with Crippen LogP contribution in [0.4, 0.5) is 0 Å². The summed E-state index contributed by atoms with van der Waals surface area (Å²) in [6.45, 7) is 3.57. The first-order valence-electron chi connectivity index (χ1n) is 7.83. The minimum absolute atomic E-state index is 0.118. The van der Waals surface area contributed by atoms with Crippen molar-refractivity contribution in [1.82, 2.24) is 14.6 Å². The summed E-state index contributed by atoms with van der Waals surface area (Å²) < 4.78 is 2.47. The van der Waals surface area contributed by atoms with Gasteiger partial charge in [0.15, 0.2) is 0 Å². The van der Waals surface area contributed by atoms with Gasteiger partial charge in [-0.25, -0.2) is 4.31 Å². The summed E-state index contributed by atoms with van der Waals surface area (Å²) in [6, 6.07) is 9.17. The number of nitrogens with two attached hydrogens (primary N) is 2. The van der Waals surface area contributed by atoms with Gasteiger partial charge in [0, 0.05) is 36.3 Å². The topological polar surface area (TPSA) is 87.6 Å². The van der Waals surface area contributed by atoms with Gasteiger partial charge in [-0.3, -0.25) is 10.6 Å². The van der Waals surface area contributed by atoms with Gasteiger partial charge in [-0.2, -0.15) is 0 Å². The van der Waals surface area contributed by atoms with Crippen molar-refractivity contribution in [3.8, 4) is 0 Å². The first-order chi connectivity index (χ1) is 11.1. The van der Waals surface area contributed by atoms with Crippen molar-refractivity contribution in [2.75, 3.05) is 13.1 Å². The second-order valence-corrected chi connectivity index (χ2v) is 7.08. The van der Waals surface area contributed by atoms with Gasteiger partial charge in [-0.15, -0.1) is 0 Å². The highest BCUT2D eigenvalue weighted by Gasteiger charge is 2.42. The Kier molecular flexibility index (Phi) is 4.79. The van der Waals surface area contributed by atoms with E-state index in [9.17, 15) is 4.79 Å². The van der Waals surface area contributed by atoms with Crippen LogP contribution in [0.2, 0.25) is 0 Å². The van der Waals surface area contributed by atoms with Gasteiger partial charge in [0.1, 0.15) is 5.70 Å².